The number of nitrogen functional groups attached to an aromatic ring is 1. The Morgan fingerprint density at radius 2 is 1.93 bits per heavy atom. The SMILES string of the molecule is N=C(N)c1ccc(CC(N)C(=O)O)cc1. The number of carboxylic acids is 1. The number of nitrogens with two attached hydrogens (primary N) is 2. The van der Waals surface area contributed by atoms with E-state index in [0.717, 1.165) is 5.56 Å². The van der Waals surface area contributed by atoms with Crippen LogP contribution in [0.25, 0.3) is 0 Å². The maximum absolute atomic E-state index is 10.5. The normalized spacial score (nSPS) is 12.1. The number of hydrogen-bond donors (Lipinski definition) is 4. The fraction of sp³-hybridized carbons (Fsp3) is 0.200. The first-order chi connectivity index (χ1) is 7.00. The molecule has 0 aromatic heterocycles. The Kier molecular flexibility index (Phi) is 3.41. The predicted octanol–water partition coefficient (Wildman–Crippen LogP) is -0.0749. The molecule has 0 amide bonds. The standard InChI is InChI=1S/C10H13N3O2/c11-8(10(14)15)5-6-1-3-7(4-2-6)9(12)13/h1-4,8H,5,11H2,(H3,12,13)(H,14,15). The molecule has 5 heteroatoms. The minimum Gasteiger partial charge on any atom is -0.480 e. The number of aliphatic carboxylic acids is 1. The average molecular weight is 207 g/mol. The quantitative estimate of drug-likeness (QED) is 0.408. The lowest BCUT2D eigenvalue weighted by Crippen LogP contribution is -2.32. The number of carboxylic acid groups (broad SMARTS) is 1. The summed E-state index contributed by atoms with van der Waals surface area (Å²) in [5.74, 6) is -1.03. The van der Waals surface area contributed by atoms with E-state index in [0.29, 0.717) is 5.56 Å². The fourth-order valence-corrected chi connectivity index (χ4v) is 1.16. The highest BCUT2D eigenvalue weighted by Crippen LogP contribution is 2.06. The molecule has 6 N–H and O–H groups in total. The van der Waals surface area contributed by atoms with Crippen LogP contribution in [0.5, 0.6) is 0 Å². The topological polar surface area (TPSA) is 113 Å². The summed E-state index contributed by atoms with van der Waals surface area (Å²) in [5, 5.41) is 15.8. The molecule has 1 aromatic carbocycles. The van der Waals surface area contributed by atoms with Crippen LogP contribution in [0.3, 0.4) is 0 Å². The summed E-state index contributed by atoms with van der Waals surface area (Å²) in [6, 6.07) is 5.89. The van der Waals surface area contributed by atoms with Crippen LogP contribution in [-0.4, -0.2) is 23.0 Å². The summed E-state index contributed by atoms with van der Waals surface area (Å²) in [6.07, 6.45) is 0.271. The van der Waals surface area contributed by atoms with Crippen molar-refractivity contribution < 1.29 is 9.90 Å². The lowest BCUT2D eigenvalue weighted by molar-refractivity contribution is -0.138. The second-order valence-corrected chi connectivity index (χ2v) is 3.26. The van der Waals surface area contributed by atoms with Crippen molar-refractivity contribution in [2.45, 2.75) is 12.5 Å². The van der Waals surface area contributed by atoms with Gasteiger partial charge in [-0.15, -0.1) is 0 Å². The van der Waals surface area contributed by atoms with Crippen molar-refractivity contribution in [2.24, 2.45) is 11.5 Å². The van der Waals surface area contributed by atoms with Crippen molar-refractivity contribution >= 4 is 11.8 Å². The van der Waals surface area contributed by atoms with Gasteiger partial charge in [-0.25, -0.2) is 0 Å². The summed E-state index contributed by atoms with van der Waals surface area (Å²) in [4.78, 5) is 10.5. The molecule has 1 atom stereocenters. The zero-order valence-electron chi connectivity index (χ0n) is 8.10. The van der Waals surface area contributed by atoms with Gasteiger partial charge in [0.2, 0.25) is 0 Å². The summed E-state index contributed by atoms with van der Waals surface area (Å²) in [6.45, 7) is 0. The van der Waals surface area contributed by atoms with Crippen LogP contribution >= 0.6 is 0 Å². The molecule has 0 spiro atoms. The van der Waals surface area contributed by atoms with Crippen molar-refractivity contribution in [3.63, 3.8) is 0 Å². The van der Waals surface area contributed by atoms with E-state index in [1.165, 1.54) is 0 Å². The van der Waals surface area contributed by atoms with E-state index in [1.54, 1.807) is 24.3 Å². The van der Waals surface area contributed by atoms with E-state index in [9.17, 15) is 4.79 Å². The van der Waals surface area contributed by atoms with Gasteiger partial charge in [-0.3, -0.25) is 10.2 Å². The Morgan fingerprint density at radius 3 is 2.33 bits per heavy atom. The van der Waals surface area contributed by atoms with Crippen LogP contribution in [0.15, 0.2) is 24.3 Å². The molecule has 5 nitrogen and oxygen atoms in total. The lowest BCUT2D eigenvalue weighted by atomic mass is 10.0. The smallest absolute Gasteiger partial charge is 0.320 e. The van der Waals surface area contributed by atoms with Gasteiger partial charge in [0.15, 0.2) is 0 Å². The summed E-state index contributed by atoms with van der Waals surface area (Å²) < 4.78 is 0. The molecule has 1 unspecified atom stereocenters. The molecule has 0 heterocycles. The van der Waals surface area contributed by atoms with E-state index in [4.69, 9.17) is 22.0 Å². The molecule has 0 aliphatic heterocycles. The molecule has 15 heavy (non-hydrogen) atoms. The Balaban J connectivity index is 2.72. The van der Waals surface area contributed by atoms with Crippen LogP contribution in [-0.2, 0) is 11.2 Å². The Labute approximate surface area is 87.2 Å². The van der Waals surface area contributed by atoms with Crippen LogP contribution in [0.2, 0.25) is 0 Å². The number of carbonyl (C=O) groups is 1. The third-order valence-electron chi connectivity index (χ3n) is 2.04. The number of hydrogen-bond acceptors (Lipinski definition) is 3. The van der Waals surface area contributed by atoms with Gasteiger partial charge in [-0.1, -0.05) is 24.3 Å². The molecular formula is C10H13N3O2. The molecule has 80 valence electrons. The zero-order valence-corrected chi connectivity index (χ0v) is 8.10. The molecule has 0 saturated heterocycles. The molecule has 1 aromatic rings. The molecule has 0 radical (unpaired) electrons. The van der Waals surface area contributed by atoms with Gasteiger partial charge in [0.05, 0.1) is 0 Å². The molecule has 0 aliphatic rings. The van der Waals surface area contributed by atoms with Crippen molar-refractivity contribution in [2.75, 3.05) is 0 Å². The Bertz CT molecular complexity index is 373. The van der Waals surface area contributed by atoms with Crippen LogP contribution < -0.4 is 11.5 Å². The molecule has 1 rings (SSSR count). The first kappa shape index (κ1) is 11.2. The Hall–Kier alpha value is -1.88. The van der Waals surface area contributed by atoms with E-state index in [-0.39, 0.29) is 12.3 Å². The molecule has 0 fully saturated rings. The van der Waals surface area contributed by atoms with E-state index < -0.39 is 12.0 Å². The average Bonchev–Trinajstić information content (AvgIpc) is 2.18. The largest absolute Gasteiger partial charge is 0.480 e. The minimum absolute atomic E-state index is 0.0101. The summed E-state index contributed by atoms with van der Waals surface area (Å²) >= 11 is 0. The zero-order chi connectivity index (χ0) is 11.4. The summed E-state index contributed by atoms with van der Waals surface area (Å²) in [5.41, 5.74) is 12.1. The van der Waals surface area contributed by atoms with Gasteiger partial charge in [-0.2, -0.15) is 0 Å². The third kappa shape index (κ3) is 3.07. The maximum Gasteiger partial charge on any atom is 0.320 e. The van der Waals surface area contributed by atoms with Gasteiger partial charge in [0.1, 0.15) is 11.9 Å². The maximum atomic E-state index is 10.5. The monoisotopic (exact) mass is 207 g/mol. The molecule has 0 bridgehead atoms. The van der Waals surface area contributed by atoms with Crippen LogP contribution in [0.1, 0.15) is 11.1 Å². The predicted molar refractivity (Wildman–Crippen MR) is 56.8 cm³/mol. The molecular weight excluding hydrogens is 194 g/mol. The van der Waals surface area contributed by atoms with Crippen LogP contribution in [0, 0.1) is 5.41 Å². The highest BCUT2D eigenvalue weighted by Gasteiger charge is 2.11. The van der Waals surface area contributed by atoms with Gasteiger partial charge >= 0.3 is 5.97 Å². The summed E-state index contributed by atoms with van der Waals surface area (Å²) in [7, 11) is 0. The number of amidine groups is 1. The number of rotatable bonds is 4. The van der Waals surface area contributed by atoms with Crippen molar-refractivity contribution in [1.82, 2.24) is 0 Å². The first-order valence-corrected chi connectivity index (χ1v) is 4.42. The molecule has 0 saturated carbocycles. The van der Waals surface area contributed by atoms with E-state index >= 15 is 0 Å². The van der Waals surface area contributed by atoms with E-state index in [2.05, 4.69) is 0 Å². The number of benzene rings is 1. The molecule has 0 aliphatic carbocycles. The van der Waals surface area contributed by atoms with Gasteiger partial charge in [0, 0.05) is 5.56 Å². The fourth-order valence-electron chi connectivity index (χ4n) is 1.16. The van der Waals surface area contributed by atoms with Crippen LogP contribution in [0.4, 0.5) is 0 Å². The second kappa shape index (κ2) is 4.56. The third-order valence-corrected chi connectivity index (χ3v) is 2.04. The highest BCUT2D eigenvalue weighted by atomic mass is 16.4. The highest BCUT2D eigenvalue weighted by molar-refractivity contribution is 5.94. The van der Waals surface area contributed by atoms with Crippen molar-refractivity contribution in [1.29, 1.82) is 5.41 Å². The number of nitrogens with one attached hydrogen (secondary N) is 1. The van der Waals surface area contributed by atoms with Gasteiger partial charge in [-0.05, 0) is 12.0 Å². The van der Waals surface area contributed by atoms with Gasteiger partial charge < -0.3 is 16.6 Å². The first-order valence-electron chi connectivity index (χ1n) is 4.42. The second-order valence-electron chi connectivity index (χ2n) is 3.26. The minimum atomic E-state index is -1.02. The van der Waals surface area contributed by atoms with Crippen molar-refractivity contribution in [3.8, 4) is 0 Å². The van der Waals surface area contributed by atoms with Crippen molar-refractivity contribution in [3.05, 3.63) is 35.4 Å². The van der Waals surface area contributed by atoms with E-state index in [1.807, 2.05) is 0 Å². The Morgan fingerprint density at radius 1 is 1.40 bits per heavy atom. The lowest BCUT2D eigenvalue weighted by Gasteiger charge is -2.06. The van der Waals surface area contributed by atoms with Gasteiger partial charge in [0.25, 0.3) is 0 Å².